The summed E-state index contributed by atoms with van der Waals surface area (Å²) in [5.74, 6) is 0. The number of hydrogen-bond donors (Lipinski definition) is 2. The number of nitrogens with zero attached hydrogens (tertiary/aromatic N) is 1. The fourth-order valence-corrected chi connectivity index (χ4v) is 1.90. The second-order valence-electron chi connectivity index (χ2n) is 3.99. The minimum atomic E-state index is -0.226. The summed E-state index contributed by atoms with van der Waals surface area (Å²) in [6.45, 7) is -0.00814. The fraction of sp³-hybridized carbons (Fsp3) is 0.231. The van der Waals surface area contributed by atoms with Crippen LogP contribution in [0, 0.1) is 0 Å². The van der Waals surface area contributed by atoms with Gasteiger partial charge in [0.2, 0.25) is 0 Å². The van der Waals surface area contributed by atoms with E-state index in [1.807, 2.05) is 47.2 Å². The van der Waals surface area contributed by atoms with Gasteiger partial charge in [-0.25, -0.2) is 0 Å². The molecule has 0 spiro atoms. The van der Waals surface area contributed by atoms with Gasteiger partial charge < -0.3 is 15.4 Å². The highest BCUT2D eigenvalue weighted by molar-refractivity contribution is 6.30. The van der Waals surface area contributed by atoms with E-state index >= 15 is 0 Å². The van der Waals surface area contributed by atoms with E-state index in [-0.39, 0.29) is 25.1 Å². The van der Waals surface area contributed by atoms with E-state index in [2.05, 4.69) is 0 Å². The fourth-order valence-electron chi connectivity index (χ4n) is 1.77. The lowest BCUT2D eigenvalue weighted by molar-refractivity contribution is 0.264. The molecule has 0 saturated heterocycles. The third-order valence-corrected chi connectivity index (χ3v) is 2.90. The van der Waals surface area contributed by atoms with Gasteiger partial charge >= 0.3 is 0 Å². The van der Waals surface area contributed by atoms with Crippen LogP contribution in [0.4, 0.5) is 0 Å². The number of aromatic nitrogens is 1. The lowest BCUT2D eigenvalue weighted by atomic mass is 10.2. The Balaban J connectivity index is 0.00000162. The summed E-state index contributed by atoms with van der Waals surface area (Å²) in [4.78, 5) is 0. The van der Waals surface area contributed by atoms with Gasteiger partial charge in [-0.3, -0.25) is 0 Å². The second kappa shape index (κ2) is 6.81. The van der Waals surface area contributed by atoms with E-state index in [1.165, 1.54) is 0 Å². The van der Waals surface area contributed by atoms with Crippen LogP contribution in [0.5, 0.6) is 0 Å². The van der Waals surface area contributed by atoms with Gasteiger partial charge in [-0.05, 0) is 36.4 Å². The molecule has 0 aliphatic heterocycles. The monoisotopic (exact) mass is 286 g/mol. The molecule has 1 atom stereocenters. The van der Waals surface area contributed by atoms with Crippen molar-refractivity contribution in [3.8, 4) is 5.69 Å². The Kier molecular flexibility index (Phi) is 5.69. The third-order valence-electron chi connectivity index (χ3n) is 2.64. The van der Waals surface area contributed by atoms with Crippen molar-refractivity contribution in [1.29, 1.82) is 0 Å². The molecule has 0 aliphatic carbocycles. The maximum Gasteiger partial charge on any atom is 0.0586 e. The van der Waals surface area contributed by atoms with Gasteiger partial charge in [0.25, 0.3) is 0 Å². The molecule has 0 amide bonds. The van der Waals surface area contributed by atoms with Crippen molar-refractivity contribution in [2.24, 2.45) is 5.73 Å². The largest absolute Gasteiger partial charge is 0.395 e. The SMILES string of the molecule is Cl.NC(CO)Cc1cccn1-c1ccc(Cl)cc1. The Hall–Kier alpha value is -1.00. The third kappa shape index (κ3) is 3.50. The molecule has 98 valence electrons. The lowest BCUT2D eigenvalue weighted by Gasteiger charge is -2.12. The van der Waals surface area contributed by atoms with Crippen LogP contribution < -0.4 is 5.73 Å². The van der Waals surface area contributed by atoms with E-state index in [0.717, 1.165) is 16.4 Å². The number of aliphatic hydroxyl groups is 1. The van der Waals surface area contributed by atoms with Crippen molar-refractivity contribution in [2.45, 2.75) is 12.5 Å². The molecule has 3 N–H and O–H groups in total. The van der Waals surface area contributed by atoms with Crippen LogP contribution in [0.2, 0.25) is 5.02 Å². The van der Waals surface area contributed by atoms with Gasteiger partial charge in [0.15, 0.2) is 0 Å². The van der Waals surface area contributed by atoms with Crippen LogP contribution in [-0.4, -0.2) is 22.3 Å². The number of rotatable bonds is 4. The van der Waals surface area contributed by atoms with Crippen molar-refractivity contribution >= 4 is 24.0 Å². The normalized spacial score (nSPS) is 11.9. The summed E-state index contributed by atoms with van der Waals surface area (Å²) in [6.07, 6.45) is 2.62. The standard InChI is InChI=1S/C13H15ClN2O.ClH/c14-10-3-5-12(6-4-10)16-7-1-2-13(16)8-11(15)9-17;/h1-7,11,17H,8-9,15H2;1H. The minimum Gasteiger partial charge on any atom is -0.395 e. The Bertz CT molecular complexity index is 482. The van der Waals surface area contributed by atoms with E-state index < -0.39 is 0 Å². The van der Waals surface area contributed by atoms with Crippen LogP contribution in [0.25, 0.3) is 5.69 Å². The van der Waals surface area contributed by atoms with Crippen LogP contribution in [-0.2, 0) is 6.42 Å². The molecule has 1 aromatic heterocycles. The van der Waals surface area contributed by atoms with Gasteiger partial charge in [0, 0.05) is 35.1 Å². The smallest absolute Gasteiger partial charge is 0.0586 e. The summed E-state index contributed by atoms with van der Waals surface area (Å²) in [5, 5.41) is 9.70. The van der Waals surface area contributed by atoms with Crippen molar-refractivity contribution in [3.05, 3.63) is 53.3 Å². The molecule has 0 aliphatic rings. The number of halogens is 2. The van der Waals surface area contributed by atoms with Gasteiger partial charge in [-0.2, -0.15) is 0 Å². The Morgan fingerprint density at radius 2 is 1.89 bits per heavy atom. The van der Waals surface area contributed by atoms with Crippen molar-refractivity contribution < 1.29 is 5.11 Å². The number of aliphatic hydroxyl groups excluding tert-OH is 1. The zero-order valence-corrected chi connectivity index (χ0v) is 11.4. The summed E-state index contributed by atoms with van der Waals surface area (Å²) in [6, 6.07) is 11.4. The summed E-state index contributed by atoms with van der Waals surface area (Å²) >= 11 is 5.86. The highest BCUT2D eigenvalue weighted by Gasteiger charge is 2.07. The number of benzene rings is 1. The highest BCUT2D eigenvalue weighted by Crippen LogP contribution is 2.16. The zero-order valence-electron chi connectivity index (χ0n) is 9.79. The molecule has 3 nitrogen and oxygen atoms in total. The van der Waals surface area contributed by atoms with Crippen molar-refractivity contribution in [1.82, 2.24) is 4.57 Å². The average molecular weight is 287 g/mol. The predicted molar refractivity (Wildman–Crippen MR) is 76.8 cm³/mol. The molecule has 2 aromatic rings. The first-order valence-electron chi connectivity index (χ1n) is 5.49. The molecular weight excluding hydrogens is 271 g/mol. The summed E-state index contributed by atoms with van der Waals surface area (Å²) in [5.41, 5.74) is 7.87. The van der Waals surface area contributed by atoms with Crippen molar-refractivity contribution in [2.75, 3.05) is 6.61 Å². The first-order valence-corrected chi connectivity index (χ1v) is 5.87. The Morgan fingerprint density at radius 1 is 1.22 bits per heavy atom. The minimum absolute atomic E-state index is 0. The van der Waals surface area contributed by atoms with Crippen LogP contribution >= 0.6 is 24.0 Å². The lowest BCUT2D eigenvalue weighted by Crippen LogP contribution is -2.27. The molecule has 5 heteroatoms. The number of hydrogen-bond acceptors (Lipinski definition) is 2. The first kappa shape index (κ1) is 15.1. The van der Waals surface area contributed by atoms with Crippen LogP contribution in [0.1, 0.15) is 5.69 Å². The molecule has 0 radical (unpaired) electrons. The molecule has 0 saturated carbocycles. The molecule has 0 fully saturated rings. The molecule has 2 rings (SSSR count). The second-order valence-corrected chi connectivity index (χ2v) is 4.43. The average Bonchev–Trinajstić information content (AvgIpc) is 2.78. The zero-order chi connectivity index (χ0) is 12.3. The van der Waals surface area contributed by atoms with E-state index in [0.29, 0.717) is 6.42 Å². The molecule has 18 heavy (non-hydrogen) atoms. The van der Waals surface area contributed by atoms with Crippen molar-refractivity contribution in [3.63, 3.8) is 0 Å². The summed E-state index contributed by atoms with van der Waals surface area (Å²) in [7, 11) is 0. The number of nitrogens with two attached hydrogens (primary N) is 1. The first-order chi connectivity index (χ1) is 8.20. The predicted octanol–water partition coefficient (Wildman–Crippen LogP) is 2.41. The molecule has 1 unspecified atom stereocenters. The Morgan fingerprint density at radius 3 is 2.50 bits per heavy atom. The molecule has 1 aromatic carbocycles. The molecule has 0 bridgehead atoms. The van der Waals surface area contributed by atoms with Gasteiger partial charge in [-0.15, -0.1) is 12.4 Å². The quantitative estimate of drug-likeness (QED) is 0.907. The topological polar surface area (TPSA) is 51.2 Å². The highest BCUT2D eigenvalue weighted by atomic mass is 35.5. The maximum absolute atomic E-state index is 8.98. The van der Waals surface area contributed by atoms with E-state index in [4.69, 9.17) is 22.4 Å². The van der Waals surface area contributed by atoms with Crippen LogP contribution in [0.3, 0.4) is 0 Å². The maximum atomic E-state index is 8.98. The summed E-state index contributed by atoms with van der Waals surface area (Å²) < 4.78 is 2.05. The van der Waals surface area contributed by atoms with Gasteiger partial charge in [0.05, 0.1) is 6.61 Å². The molecular formula is C13H16Cl2N2O. The van der Waals surface area contributed by atoms with E-state index in [9.17, 15) is 0 Å². The van der Waals surface area contributed by atoms with Gasteiger partial charge in [0.1, 0.15) is 0 Å². The van der Waals surface area contributed by atoms with Gasteiger partial charge in [-0.1, -0.05) is 11.6 Å². The Labute approximate surface area is 118 Å². The van der Waals surface area contributed by atoms with Crippen LogP contribution in [0.15, 0.2) is 42.6 Å². The molecule has 1 heterocycles. The van der Waals surface area contributed by atoms with E-state index in [1.54, 1.807) is 0 Å².